The van der Waals surface area contributed by atoms with Crippen molar-refractivity contribution >= 4 is 15.9 Å². The molecule has 0 aliphatic heterocycles. The number of benzene rings is 4. The summed E-state index contributed by atoms with van der Waals surface area (Å²) in [5, 5.41) is 0. The van der Waals surface area contributed by atoms with Crippen LogP contribution >= 0.6 is 15.9 Å². The van der Waals surface area contributed by atoms with E-state index in [0.717, 1.165) is 21.2 Å². The Hall–Kier alpha value is -5.22. The second-order valence-corrected chi connectivity index (χ2v) is 9.60. The Morgan fingerprint density at radius 3 is 1.36 bits per heavy atom. The van der Waals surface area contributed by atoms with E-state index in [1.165, 1.54) is 22.3 Å². The molecule has 2 heterocycles. The zero-order chi connectivity index (χ0) is 28.5. The Morgan fingerprint density at radius 2 is 0.881 bits per heavy atom. The van der Waals surface area contributed by atoms with Crippen molar-refractivity contribution in [3.63, 3.8) is 0 Å². The van der Waals surface area contributed by atoms with Crippen molar-refractivity contribution in [1.29, 1.82) is 0 Å². The van der Waals surface area contributed by atoms with E-state index in [4.69, 9.17) is 6.42 Å². The van der Waals surface area contributed by atoms with Crippen LogP contribution < -0.4 is 0 Å². The van der Waals surface area contributed by atoms with E-state index in [1.54, 1.807) is 24.8 Å². The average Bonchev–Trinajstić information content (AvgIpc) is 3.06. The molecule has 2 aromatic heterocycles. The van der Waals surface area contributed by atoms with E-state index in [2.05, 4.69) is 86.1 Å². The molecule has 0 fully saturated rings. The highest BCUT2D eigenvalue weighted by Crippen LogP contribution is 2.20. The molecule has 0 saturated carbocycles. The lowest BCUT2D eigenvalue weighted by Gasteiger charge is -2.01. The molecule has 0 radical (unpaired) electrons. The highest BCUT2D eigenvalue weighted by molar-refractivity contribution is 9.10. The SMILES string of the molecule is Brc1ccncc1.C.C#Cc1cccc(-c2ccccc2)c1.C(#Cc1cccc(-c2ccccc2)c1)c1ccncc1. The lowest BCUT2D eigenvalue weighted by atomic mass is 10.0. The van der Waals surface area contributed by atoms with E-state index in [-0.39, 0.29) is 7.43 Å². The third-order valence-corrected chi connectivity index (χ3v) is 6.31. The van der Waals surface area contributed by atoms with E-state index in [1.807, 2.05) is 91.0 Å². The maximum atomic E-state index is 5.35. The largest absolute Gasteiger partial charge is 0.265 e. The van der Waals surface area contributed by atoms with Gasteiger partial charge in [-0.05, 0) is 70.8 Å². The van der Waals surface area contributed by atoms with Crippen molar-refractivity contribution in [2.45, 2.75) is 7.43 Å². The number of rotatable bonds is 2. The minimum absolute atomic E-state index is 0. The number of aromatic nitrogens is 2. The smallest absolute Gasteiger partial charge is 0.0280 e. The van der Waals surface area contributed by atoms with Crippen LogP contribution in [0.15, 0.2) is 163 Å². The predicted molar refractivity (Wildman–Crippen MR) is 181 cm³/mol. The van der Waals surface area contributed by atoms with Gasteiger partial charge < -0.3 is 0 Å². The Morgan fingerprint density at radius 1 is 0.452 bits per heavy atom. The summed E-state index contributed by atoms with van der Waals surface area (Å²) in [4.78, 5) is 7.80. The fourth-order valence-corrected chi connectivity index (χ4v) is 3.98. The van der Waals surface area contributed by atoms with Crippen LogP contribution in [0.5, 0.6) is 0 Å². The van der Waals surface area contributed by atoms with Crippen molar-refractivity contribution in [3.05, 3.63) is 179 Å². The zero-order valence-electron chi connectivity index (χ0n) is 22.4. The summed E-state index contributed by atoms with van der Waals surface area (Å²) >= 11 is 3.27. The number of hydrogen-bond acceptors (Lipinski definition) is 2. The summed E-state index contributed by atoms with van der Waals surface area (Å²) in [6.45, 7) is 0. The molecular formula is C39H31BrN2. The summed E-state index contributed by atoms with van der Waals surface area (Å²) in [5.41, 5.74) is 7.68. The van der Waals surface area contributed by atoms with Gasteiger partial charge in [-0.1, -0.05) is 126 Å². The number of hydrogen-bond donors (Lipinski definition) is 0. The first-order valence-corrected chi connectivity index (χ1v) is 13.8. The van der Waals surface area contributed by atoms with Gasteiger partial charge in [-0.15, -0.1) is 6.42 Å². The molecule has 0 spiro atoms. The van der Waals surface area contributed by atoms with Crippen LogP contribution in [0.3, 0.4) is 0 Å². The summed E-state index contributed by atoms with van der Waals surface area (Å²) in [7, 11) is 0. The summed E-state index contributed by atoms with van der Waals surface area (Å²) < 4.78 is 1.07. The Balaban J connectivity index is 0.000000191. The lowest BCUT2D eigenvalue weighted by molar-refractivity contribution is 1.32. The van der Waals surface area contributed by atoms with Gasteiger partial charge >= 0.3 is 0 Å². The van der Waals surface area contributed by atoms with Gasteiger partial charge in [0, 0.05) is 46.0 Å². The first-order chi connectivity index (χ1) is 20.2. The van der Waals surface area contributed by atoms with Gasteiger partial charge in [-0.2, -0.15) is 0 Å². The van der Waals surface area contributed by atoms with Crippen LogP contribution in [0, 0.1) is 24.2 Å². The molecule has 0 aliphatic rings. The van der Waals surface area contributed by atoms with Gasteiger partial charge in [-0.25, -0.2) is 0 Å². The van der Waals surface area contributed by atoms with Gasteiger partial charge in [0.05, 0.1) is 0 Å². The fraction of sp³-hybridized carbons (Fsp3) is 0.0256. The van der Waals surface area contributed by atoms with Crippen LogP contribution in [-0.2, 0) is 0 Å². The second-order valence-electron chi connectivity index (χ2n) is 8.69. The van der Waals surface area contributed by atoms with Crippen molar-refractivity contribution in [2.24, 2.45) is 0 Å². The molecule has 3 heteroatoms. The number of pyridine rings is 2. The molecule has 0 amide bonds. The van der Waals surface area contributed by atoms with Gasteiger partial charge in [0.2, 0.25) is 0 Å². The minimum atomic E-state index is 0. The quantitative estimate of drug-likeness (QED) is 0.183. The fourth-order valence-electron chi connectivity index (χ4n) is 3.74. The molecule has 0 saturated heterocycles. The molecule has 6 aromatic rings. The van der Waals surface area contributed by atoms with Gasteiger partial charge in [0.15, 0.2) is 0 Å². The molecule has 204 valence electrons. The molecular weight excluding hydrogens is 576 g/mol. The molecule has 6 rings (SSSR count). The van der Waals surface area contributed by atoms with Crippen molar-refractivity contribution in [3.8, 4) is 46.4 Å². The Labute approximate surface area is 258 Å². The number of terminal acetylenes is 1. The van der Waals surface area contributed by atoms with Crippen LogP contribution in [0.2, 0.25) is 0 Å². The molecule has 2 nitrogen and oxygen atoms in total. The van der Waals surface area contributed by atoms with Crippen LogP contribution in [0.4, 0.5) is 0 Å². The Kier molecular flexibility index (Phi) is 13.0. The third kappa shape index (κ3) is 10.4. The molecule has 42 heavy (non-hydrogen) atoms. The van der Waals surface area contributed by atoms with Gasteiger partial charge in [0.1, 0.15) is 0 Å². The van der Waals surface area contributed by atoms with Crippen LogP contribution in [0.25, 0.3) is 22.3 Å². The summed E-state index contributed by atoms with van der Waals surface area (Å²) in [6, 6.07) is 44.4. The third-order valence-electron chi connectivity index (χ3n) is 5.78. The first kappa shape index (κ1) is 31.3. The van der Waals surface area contributed by atoms with E-state index in [9.17, 15) is 0 Å². The van der Waals surface area contributed by atoms with E-state index >= 15 is 0 Å². The average molecular weight is 608 g/mol. The molecule has 0 bridgehead atoms. The van der Waals surface area contributed by atoms with E-state index in [0.29, 0.717) is 0 Å². The first-order valence-electron chi connectivity index (χ1n) is 13.0. The topological polar surface area (TPSA) is 25.8 Å². The normalized spacial score (nSPS) is 9.14. The van der Waals surface area contributed by atoms with Crippen LogP contribution in [0.1, 0.15) is 24.1 Å². The molecule has 4 aromatic carbocycles. The van der Waals surface area contributed by atoms with Crippen LogP contribution in [-0.4, -0.2) is 9.97 Å². The van der Waals surface area contributed by atoms with Gasteiger partial charge in [-0.3, -0.25) is 9.97 Å². The van der Waals surface area contributed by atoms with E-state index < -0.39 is 0 Å². The molecule has 0 N–H and O–H groups in total. The minimum Gasteiger partial charge on any atom is -0.265 e. The monoisotopic (exact) mass is 606 g/mol. The Bertz CT molecular complexity index is 1730. The highest BCUT2D eigenvalue weighted by Gasteiger charge is 1.97. The molecule has 0 aliphatic carbocycles. The van der Waals surface area contributed by atoms with Crippen molar-refractivity contribution < 1.29 is 0 Å². The van der Waals surface area contributed by atoms with Crippen molar-refractivity contribution in [1.82, 2.24) is 9.97 Å². The molecule has 0 unspecified atom stereocenters. The highest BCUT2D eigenvalue weighted by atomic mass is 79.9. The van der Waals surface area contributed by atoms with Crippen molar-refractivity contribution in [2.75, 3.05) is 0 Å². The second kappa shape index (κ2) is 17.5. The lowest BCUT2D eigenvalue weighted by Crippen LogP contribution is -1.80. The summed E-state index contributed by atoms with van der Waals surface area (Å²) in [6.07, 6.45) is 12.3. The number of nitrogens with zero attached hydrogens (tertiary/aromatic N) is 2. The zero-order valence-corrected chi connectivity index (χ0v) is 23.9. The maximum absolute atomic E-state index is 5.35. The molecule has 0 atom stereocenters. The summed E-state index contributed by atoms with van der Waals surface area (Å²) in [5.74, 6) is 8.98. The van der Waals surface area contributed by atoms with Gasteiger partial charge in [0.25, 0.3) is 0 Å². The standard InChI is InChI=1S/C19H13N.C14H10.C5H4BrN.CH4/c1-2-6-18(7-3-1)19-8-4-5-17(15-19)10-9-16-11-13-20-14-12-16;1-2-12-7-6-10-14(11-12)13-8-4-3-5-9-13;6-5-1-3-7-4-2-5;/h1-8,11-15H;1,3-11H;1-4H;1H4. The maximum Gasteiger partial charge on any atom is 0.0280 e. The predicted octanol–water partition coefficient (Wildman–Crippen LogP) is 9.96. The number of halogens is 1.